The van der Waals surface area contributed by atoms with Crippen LogP contribution in [0.1, 0.15) is 37.7 Å². The van der Waals surface area contributed by atoms with Gasteiger partial charge in [-0.25, -0.2) is 4.39 Å². The Kier molecular flexibility index (Phi) is 7.50. The third-order valence-corrected chi connectivity index (χ3v) is 6.41. The maximum absolute atomic E-state index is 13.2. The van der Waals surface area contributed by atoms with Gasteiger partial charge in [-0.2, -0.15) is 15.0 Å². The molecule has 0 saturated heterocycles. The molecule has 2 aromatic carbocycles. The lowest BCUT2D eigenvalue weighted by Gasteiger charge is -2.22. The molecule has 4 rings (SSSR count). The highest BCUT2D eigenvalue weighted by Crippen LogP contribution is 2.28. The number of aromatic nitrogens is 3. The van der Waals surface area contributed by atoms with Crippen molar-refractivity contribution in [2.75, 3.05) is 20.3 Å². The van der Waals surface area contributed by atoms with Crippen LogP contribution in [0.4, 0.5) is 27.9 Å². The molecular weight excluding hydrogens is 506 g/mol. The zero-order valence-corrected chi connectivity index (χ0v) is 19.4. The summed E-state index contributed by atoms with van der Waals surface area (Å²) >= 11 is 2.21. The van der Waals surface area contributed by atoms with Crippen LogP contribution in [0.2, 0.25) is 0 Å². The molecule has 0 aliphatic heterocycles. The van der Waals surface area contributed by atoms with Gasteiger partial charge in [-0.3, -0.25) is 3.11 Å². The van der Waals surface area contributed by atoms with Gasteiger partial charge in [-0.05, 0) is 48.6 Å². The molecule has 1 aliphatic carbocycles. The smallest absolute Gasteiger partial charge is 0.245 e. The molecule has 0 amide bonds. The molecule has 0 atom stereocenters. The van der Waals surface area contributed by atoms with Crippen LogP contribution in [0.25, 0.3) is 0 Å². The van der Waals surface area contributed by atoms with Gasteiger partial charge in [0.1, 0.15) is 5.82 Å². The SMILES string of the molecule is Fc1ccc(CNc2nc(NCC3CCCCC3)nc(N(I)c3ccccc3)n2)cc1. The van der Waals surface area contributed by atoms with Crippen LogP contribution in [0.15, 0.2) is 54.6 Å². The van der Waals surface area contributed by atoms with Crippen molar-refractivity contribution in [3.8, 4) is 0 Å². The molecule has 3 aromatic rings. The molecule has 1 heterocycles. The topological polar surface area (TPSA) is 66.0 Å². The molecular formula is C23H26FIN6. The van der Waals surface area contributed by atoms with Crippen LogP contribution in [0, 0.1) is 11.7 Å². The highest BCUT2D eigenvalue weighted by molar-refractivity contribution is 14.1. The molecule has 0 spiro atoms. The van der Waals surface area contributed by atoms with Gasteiger partial charge >= 0.3 is 0 Å². The van der Waals surface area contributed by atoms with Gasteiger partial charge < -0.3 is 10.6 Å². The van der Waals surface area contributed by atoms with E-state index in [9.17, 15) is 4.39 Å². The van der Waals surface area contributed by atoms with E-state index >= 15 is 0 Å². The zero-order chi connectivity index (χ0) is 21.5. The van der Waals surface area contributed by atoms with E-state index in [2.05, 4.69) is 48.5 Å². The van der Waals surface area contributed by atoms with Gasteiger partial charge in [0.15, 0.2) is 0 Å². The average Bonchev–Trinajstić information content (AvgIpc) is 2.83. The van der Waals surface area contributed by atoms with Crippen LogP contribution in [-0.2, 0) is 6.54 Å². The standard InChI is InChI=1S/C23H26FIN6/c24-19-13-11-18(12-14-19)16-27-22-28-21(26-15-17-7-3-1-4-8-17)29-23(30-22)31(25)20-9-5-2-6-10-20/h2,5-6,9-14,17H,1,3-4,7-8,15-16H2,(H2,26,27,28,29,30). The second kappa shape index (κ2) is 10.7. The molecule has 1 fully saturated rings. The molecule has 162 valence electrons. The summed E-state index contributed by atoms with van der Waals surface area (Å²) in [5.41, 5.74) is 1.94. The fourth-order valence-electron chi connectivity index (χ4n) is 3.70. The monoisotopic (exact) mass is 532 g/mol. The third kappa shape index (κ3) is 6.25. The number of hydrogen-bond acceptors (Lipinski definition) is 6. The predicted molar refractivity (Wildman–Crippen MR) is 131 cm³/mol. The number of hydrogen-bond donors (Lipinski definition) is 2. The van der Waals surface area contributed by atoms with E-state index in [4.69, 9.17) is 0 Å². The number of para-hydroxylation sites is 1. The minimum absolute atomic E-state index is 0.246. The molecule has 0 radical (unpaired) electrons. The molecule has 1 saturated carbocycles. The Balaban J connectivity index is 1.52. The zero-order valence-electron chi connectivity index (χ0n) is 17.3. The fraction of sp³-hybridized carbons (Fsp3) is 0.348. The lowest BCUT2D eigenvalue weighted by Crippen LogP contribution is -2.20. The first kappa shape index (κ1) is 21.7. The van der Waals surface area contributed by atoms with E-state index in [1.54, 1.807) is 12.1 Å². The molecule has 0 bridgehead atoms. The van der Waals surface area contributed by atoms with Crippen LogP contribution in [-0.4, -0.2) is 21.5 Å². The number of nitrogens with one attached hydrogen (secondary N) is 2. The summed E-state index contributed by atoms with van der Waals surface area (Å²) < 4.78 is 15.1. The maximum Gasteiger partial charge on any atom is 0.245 e. The normalized spacial score (nSPS) is 14.3. The van der Waals surface area contributed by atoms with E-state index in [1.165, 1.54) is 44.2 Å². The van der Waals surface area contributed by atoms with E-state index < -0.39 is 0 Å². The molecule has 8 heteroatoms. The van der Waals surface area contributed by atoms with E-state index in [0.29, 0.717) is 30.3 Å². The van der Waals surface area contributed by atoms with Crippen molar-refractivity contribution in [1.29, 1.82) is 0 Å². The quantitative estimate of drug-likeness (QED) is 0.270. The molecule has 0 unspecified atom stereocenters. The maximum atomic E-state index is 13.2. The molecule has 1 aliphatic rings. The van der Waals surface area contributed by atoms with E-state index in [-0.39, 0.29) is 5.82 Å². The molecule has 31 heavy (non-hydrogen) atoms. The summed E-state index contributed by atoms with van der Waals surface area (Å²) in [5, 5.41) is 6.68. The Morgan fingerprint density at radius 1 is 0.871 bits per heavy atom. The Hall–Kier alpha value is -2.49. The largest absolute Gasteiger partial charge is 0.354 e. The number of anilines is 4. The van der Waals surface area contributed by atoms with Crippen LogP contribution < -0.4 is 13.7 Å². The van der Waals surface area contributed by atoms with Gasteiger partial charge in [0.05, 0.1) is 28.6 Å². The first-order valence-corrected chi connectivity index (χ1v) is 11.6. The molecule has 6 nitrogen and oxygen atoms in total. The third-order valence-electron chi connectivity index (χ3n) is 5.42. The van der Waals surface area contributed by atoms with Crippen LogP contribution in [0.3, 0.4) is 0 Å². The van der Waals surface area contributed by atoms with E-state index in [1.807, 2.05) is 33.4 Å². The summed E-state index contributed by atoms with van der Waals surface area (Å²) in [7, 11) is 0. The van der Waals surface area contributed by atoms with Crippen molar-refractivity contribution >= 4 is 46.4 Å². The van der Waals surface area contributed by atoms with Crippen molar-refractivity contribution in [2.45, 2.75) is 38.6 Å². The summed E-state index contributed by atoms with van der Waals surface area (Å²) in [5.74, 6) is 2.01. The summed E-state index contributed by atoms with van der Waals surface area (Å²) in [6.45, 7) is 1.37. The summed E-state index contributed by atoms with van der Waals surface area (Å²) in [4.78, 5) is 13.8. The number of rotatable bonds is 8. The number of halogens is 2. The predicted octanol–water partition coefficient (Wildman–Crippen LogP) is 6.10. The minimum Gasteiger partial charge on any atom is -0.354 e. The van der Waals surface area contributed by atoms with Crippen LogP contribution >= 0.6 is 22.9 Å². The highest BCUT2D eigenvalue weighted by Gasteiger charge is 2.16. The van der Waals surface area contributed by atoms with Gasteiger partial charge in [0.2, 0.25) is 17.8 Å². The minimum atomic E-state index is -0.246. The van der Waals surface area contributed by atoms with Crippen LogP contribution in [0.5, 0.6) is 0 Å². The Labute approximate surface area is 196 Å². The van der Waals surface area contributed by atoms with Gasteiger partial charge in [-0.15, -0.1) is 0 Å². The summed E-state index contributed by atoms with van der Waals surface area (Å²) in [6.07, 6.45) is 6.44. The molecule has 2 N–H and O–H groups in total. The second-order valence-corrected chi connectivity index (χ2v) is 8.73. The second-order valence-electron chi connectivity index (χ2n) is 7.76. The van der Waals surface area contributed by atoms with Crippen molar-refractivity contribution in [3.63, 3.8) is 0 Å². The lowest BCUT2D eigenvalue weighted by molar-refractivity contribution is 0.373. The fourth-order valence-corrected chi connectivity index (χ4v) is 4.23. The van der Waals surface area contributed by atoms with Crippen molar-refractivity contribution in [3.05, 3.63) is 66.0 Å². The Morgan fingerprint density at radius 2 is 1.55 bits per heavy atom. The van der Waals surface area contributed by atoms with Gasteiger partial charge in [0, 0.05) is 13.1 Å². The summed E-state index contributed by atoms with van der Waals surface area (Å²) in [6, 6.07) is 16.4. The van der Waals surface area contributed by atoms with Gasteiger partial charge in [0.25, 0.3) is 0 Å². The first-order valence-electron chi connectivity index (χ1n) is 10.7. The Morgan fingerprint density at radius 3 is 2.26 bits per heavy atom. The number of benzene rings is 2. The first-order chi connectivity index (χ1) is 15.2. The molecule has 1 aromatic heterocycles. The Bertz CT molecular complexity index is 964. The average molecular weight is 532 g/mol. The van der Waals surface area contributed by atoms with E-state index in [0.717, 1.165) is 17.8 Å². The number of nitrogens with zero attached hydrogens (tertiary/aromatic N) is 4. The van der Waals surface area contributed by atoms with Gasteiger partial charge in [-0.1, -0.05) is 49.6 Å². The highest BCUT2D eigenvalue weighted by atomic mass is 127. The van der Waals surface area contributed by atoms with Crippen molar-refractivity contribution in [2.24, 2.45) is 5.92 Å². The van der Waals surface area contributed by atoms with Crippen molar-refractivity contribution < 1.29 is 4.39 Å². The lowest BCUT2D eigenvalue weighted by atomic mass is 9.89. The van der Waals surface area contributed by atoms with Crippen molar-refractivity contribution in [1.82, 2.24) is 15.0 Å².